The van der Waals surface area contributed by atoms with Crippen molar-refractivity contribution in [2.24, 2.45) is 5.92 Å². The molecule has 2 rings (SSSR count). The number of H-pyrrole nitrogens is 1. The molecule has 0 spiro atoms. The molecule has 1 amide bonds. The minimum absolute atomic E-state index is 0.0105. The van der Waals surface area contributed by atoms with Crippen LogP contribution in [0.1, 0.15) is 33.6 Å². The fraction of sp³-hybridized carbons (Fsp3) is 0.733. The lowest BCUT2D eigenvalue weighted by Crippen LogP contribution is -2.49. The van der Waals surface area contributed by atoms with Crippen molar-refractivity contribution in [3.8, 4) is 6.07 Å². The first-order valence-corrected chi connectivity index (χ1v) is 8.96. The molecule has 0 saturated carbocycles. The van der Waals surface area contributed by atoms with Crippen LogP contribution in [-0.4, -0.2) is 44.7 Å². The number of rotatable bonds is 7. The van der Waals surface area contributed by atoms with Crippen molar-refractivity contribution in [1.82, 2.24) is 20.1 Å². The molecule has 132 valence electrons. The second-order valence-electron chi connectivity index (χ2n) is 6.36. The van der Waals surface area contributed by atoms with Gasteiger partial charge < -0.3 is 10.1 Å². The van der Waals surface area contributed by atoms with Gasteiger partial charge in [-0.15, -0.1) is 5.10 Å². The molecule has 0 radical (unpaired) electrons. The Balaban J connectivity index is 1.96. The van der Waals surface area contributed by atoms with Crippen molar-refractivity contribution in [2.45, 2.75) is 57.0 Å². The van der Waals surface area contributed by atoms with Gasteiger partial charge in [-0.1, -0.05) is 25.6 Å². The summed E-state index contributed by atoms with van der Waals surface area (Å²) in [5.41, 5.74) is -1.22. The van der Waals surface area contributed by atoms with E-state index in [4.69, 9.17) is 4.74 Å². The van der Waals surface area contributed by atoms with Crippen LogP contribution >= 0.6 is 11.8 Å². The molecule has 0 unspecified atom stereocenters. The fourth-order valence-corrected chi connectivity index (χ4v) is 3.08. The van der Waals surface area contributed by atoms with Gasteiger partial charge in [0, 0.05) is 6.61 Å². The van der Waals surface area contributed by atoms with E-state index in [0.29, 0.717) is 18.3 Å². The maximum absolute atomic E-state index is 12.1. The van der Waals surface area contributed by atoms with Gasteiger partial charge in [0.25, 0.3) is 0 Å². The Kier molecular flexibility index (Phi) is 6.07. The van der Waals surface area contributed by atoms with Crippen LogP contribution in [0, 0.1) is 17.2 Å². The Morgan fingerprint density at radius 2 is 2.42 bits per heavy atom. The van der Waals surface area contributed by atoms with Crippen molar-refractivity contribution in [1.29, 1.82) is 5.26 Å². The Hall–Kier alpha value is -1.79. The maximum atomic E-state index is 12.1. The zero-order chi connectivity index (χ0) is 17.7. The standard InChI is InChI=1S/C15H23N5O3S/c1-10(2)15(3,9-16)17-12(21)8-24-14-19-18-13(22)20(14)7-11-5-4-6-23-11/h10-11H,4-8H2,1-3H3,(H,17,21)(H,18,22)/t11-,15+/m1/s1. The van der Waals surface area contributed by atoms with Gasteiger partial charge in [0.15, 0.2) is 5.16 Å². The van der Waals surface area contributed by atoms with E-state index in [-0.39, 0.29) is 29.4 Å². The predicted molar refractivity (Wildman–Crippen MR) is 89.5 cm³/mol. The first-order valence-electron chi connectivity index (χ1n) is 7.97. The molecule has 2 heterocycles. The highest BCUT2D eigenvalue weighted by molar-refractivity contribution is 7.99. The summed E-state index contributed by atoms with van der Waals surface area (Å²) in [5, 5.41) is 18.8. The minimum Gasteiger partial charge on any atom is -0.376 e. The number of amides is 1. The first-order chi connectivity index (χ1) is 11.4. The van der Waals surface area contributed by atoms with Crippen LogP contribution < -0.4 is 11.0 Å². The topological polar surface area (TPSA) is 113 Å². The summed E-state index contributed by atoms with van der Waals surface area (Å²) < 4.78 is 7.04. The molecule has 1 aromatic heterocycles. The molecule has 1 fully saturated rings. The largest absolute Gasteiger partial charge is 0.376 e. The summed E-state index contributed by atoms with van der Waals surface area (Å²) in [6.45, 7) is 6.60. The molecule has 1 saturated heterocycles. The summed E-state index contributed by atoms with van der Waals surface area (Å²) in [6.07, 6.45) is 1.91. The number of ether oxygens (including phenoxy) is 1. The van der Waals surface area contributed by atoms with Gasteiger partial charge in [-0.05, 0) is 25.7 Å². The van der Waals surface area contributed by atoms with Crippen LogP contribution in [0.3, 0.4) is 0 Å². The maximum Gasteiger partial charge on any atom is 0.344 e. The molecule has 1 aliphatic rings. The van der Waals surface area contributed by atoms with Gasteiger partial charge in [-0.2, -0.15) is 5.26 Å². The molecule has 0 aliphatic carbocycles. The Bertz CT molecular complexity index is 671. The van der Waals surface area contributed by atoms with Crippen LogP contribution in [0.15, 0.2) is 9.95 Å². The summed E-state index contributed by atoms with van der Waals surface area (Å²) in [7, 11) is 0. The number of nitrogens with one attached hydrogen (secondary N) is 2. The molecule has 8 nitrogen and oxygen atoms in total. The monoisotopic (exact) mass is 353 g/mol. The van der Waals surface area contributed by atoms with Crippen LogP contribution in [-0.2, 0) is 16.1 Å². The second-order valence-corrected chi connectivity index (χ2v) is 7.31. The van der Waals surface area contributed by atoms with E-state index in [1.807, 2.05) is 13.8 Å². The Morgan fingerprint density at radius 1 is 1.67 bits per heavy atom. The number of carbonyl (C=O) groups is 1. The fourth-order valence-electron chi connectivity index (χ4n) is 2.32. The van der Waals surface area contributed by atoms with Gasteiger partial charge in [0.2, 0.25) is 5.91 Å². The summed E-state index contributed by atoms with van der Waals surface area (Å²) in [6, 6.07) is 2.14. The van der Waals surface area contributed by atoms with Crippen molar-refractivity contribution < 1.29 is 9.53 Å². The van der Waals surface area contributed by atoms with Crippen molar-refractivity contribution >= 4 is 17.7 Å². The average molecular weight is 353 g/mol. The molecule has 0 aromatic carbocycles. The first kappa shape index (κ1) is 18.5. The molecule has 1 aliphatic heterocycles. The Labute approximate surface area is 144 Å². The van der Waals surface area contributed by atoms with E-state index in [1.165, 1.54) is 16.3 Å². The third kappa shape index (κ3) is 4.39. The van der Waals surface area contributed by atoms with Crippen molar-refractivity contribution in [3.63, 3.8) is 0 Å². The number of hydrogen-bond acceptors (Lipinski definition) is 6. The minimum atomic E-state index is -0.916. The van der Waals surface area contributed by atoms with E-state index in [1.54, 1.807) is 6.92 Å². The molecule has 24 heavy (non-hydrogen) atoms. The van der Waals surface area contributed by atoms with Crippen molar-refractivity contribution in [2.75, 3.05) is 12.4 Å². The van der Waals surface area contributed by atoms with Crippen molar-refractivity contribution in [3.05, 3.63) is 10.5 Å². The highest BCUT2D eigenvalue weighted by Crippen LogP contribution is 2.19. The number of aromatic amines is 1. The van der Waals surface area contributed by atoms with E-state index in [2.05, 4.69) is 21.6 Å². The van der Waals surface area contributed by atoms with E-state index >= 15 is 0 Å². The Morgan fingerprint density at radius 3 is 3.00 bits per heavy atom. The molecular weight excluding hydrogens is 330 g/mol. The summed E-state index contributed by atoms with van der Waals surface area (Å²) in [5.74, 6) is -0.198. The normalized spacial score (nSPS) is 19.9. The van der Waals surface area contributed by atoms with E-state index < -0.39 is 5.54 Å². The number of nitriles is 1. The summed E-state index contributed by atoms with van der Waals surface area (Å²) in [4.78, 5) is 24.0. The molecule has 2 N–H and O–H groups in total. The van der Waals surface area contributed by atoms with E-state index in [0.717, 1.165) is 12.8 Å². The third-order valence-electron chi connectivity index (χ3n) is 4.25. The number of aromatic nitrogens is 3. The molecule has 1 aromatic rings. The lowest BCUT2D eigenvalue weighted by Gasteiger charge is -2.27. The quantitative estimate of drug-likeness (QED) is 0.704. The zero-order valence-electron chi connectivity index (χ0n) is 14.2. The number of carbonyl (C=O) groups excluding carboxylic acids is 1. The molecule has 9 heteroatoms. The van der Waals surface area contributed by atoms with Crippen LogP contribution in [0.25, 0.3) is 0 Å². The molecular formula is C15H23N5O3S. The average Bonchev–Trinajstić information content (AvgIpc) is 3.17. The van der Waals surface area contributed by atoms with Gasteiger partial charge in [0.05, 0.1) is 24.5 Å². The summed E-state index contributed by atoms with van der Waals surface area (Å²) >= 11 is 1.17. The smallest absolute Gasteiger partial charge is 0.344 e. The van der Waals surface area contributed by atoms with Gasteiger partial charge >= 0.3 is 5.69 Å². The number of thioether (sulfide) groups is 1. The lowest BCUT2D eigenvalue weighted by molar-refractivity contribution is -0.120. The van der Waals surface area contributed by atoms with E-state index in [9.17, 15) is 14.9 Å². The van der Waals surface area contributed by atoms with Gasteiger partial charge in [0.1, 0.15) is 5.54 Å². The van der Waals surface area contributed by atoms with Crippen LogP contribution in [0.2, 0.25) is 0 Å². The van der Waals surface area contributed by atoms with Crippen LogP contribution in [0.5, 0.6) is 0 Å². The number of nitrogens with zero attached hydrogens (tertiary/aromatic N) is 3. The SMILES string of the molecule is CC(C)[C@](C)(C#N)NC(=O)CSc1n[nH]c(=O)n1C[C@H]1CCCO1. The predicted octanol–water partition coefficient (Wildman–Crippen LogP) is 0.897. The number of hydrogen-bond donors (Lipinski definition) is 2. The second kappa shape index (κ2) is 7.85. The van der Waals surface area contributed by atoms with Crippen LogP contribution in [0.4, 0.5) is 0 Å². The lowest BCUT2D eigenvalue weighted by atomic mass is 9.90. The molecule has 0 bridgehead atoms. The molecule has 2 atom stereocenters. The zero-order valence-corrected chi connectivity index (χ0v) is 15.0. The highest BCUT2D eigenvalue weighted by Gasteiger charge is 2.30. The highest BCUT2D eigenvalue weighted by atomic mass is 32.2. The third-order valence-corrected chi connectivity index (χ3v) is 5.23. The van der Waals surface area contributed by atoms with Gasteiger partial charge in [-0.25, -0.2) is 9.89 Å². The van der Waals surface area contributed by atoms with Gasteiger partial charge in [-0.3, -0.25) is 9.36 Å².